The summed E-state index contributed by atoms with van der Waals surface area (Å²) < 4.78 is 26.3. The van der Waals surface area contributed by atoms with Crippen molar-refractivity contribution in [2.75, 3.05) is 5.75 Å². The normalized spacial score (nSPS) is 13.8. The summed E-state index contributed by atoms with van der Waals surface area (Å²) in [6.07, 6.45) is 0. The van der Waals surface area contributed by atoms with E-state index in [2.05, 4.69) is 4.72 Å². The van der Waals surface area contributed by atoms with Gasteiger partial charge in [0.25, 0.3) is 0 Å². The van der Waals surface area contributed by atoms with Crippen LogP contribution in [0.5, 0.6) is 0 Å². The van der Waals surface area contributed by atoms with Crippen LogP contribution in [0.4, 0.5) is 0 Å². The summed E-state index contributed by atoms with van der Waals surface area (Å²) in [5.74, 6) is 0.271. The topological polar surface area (TPSA) is 72.2 Å². The van der Waals surface area contributed by atoms with Crippen molar-refractivity contribution in [3.63, 3.8) is 0 Å². The molecule has 0 fully saturated rings. The molecule has 1 aromatic carbocycles. The smallest absolute Gasteiger partial charge is 0.212 e. The van der Waals surface area contributed by atoms with E-state index >= 15 is 0 Å². The molecule has 1 aromatic rings. The van der Waals surface area contributed by atoms with Gasteiger partial charge in [-0.1, -0.05) is 38.1 Å². The van der Waals surface area contributed by atoms with Gasteiger partial charge < -0.3 is 5.73 Å². The van der Waals surface area contributed by atoms with Crippen LogP contribution in [0.2, 0.25) is 0 Å². The molecule has 102 valence electrons. The Hall–Kier alpha value is -0.910. The molecule has 0 spiro atoms. The average Bonchev–Trinajstić information content (AvgIpc) is 2.26. The van der Waals surface area contributed by atoms with Crippen LogP contribution in [0.25, 0.3) is 0 Å². The maximum atomic E-state index is 11.8. The lowest BCUT2D eigenvalue weighted by Crippen LogP contribution is -2.30. The lowest BCUT2D eigenvalue weighted by atomic mass is 10.1. The predicted octanol–water partition coefficient (Wildman–Crippen LogP) is 1.78. The van der Waals surface area contributed by atoms with Crippen molar-refractivity contribution in [2.45, 2.75) is 33.4 Å². The molecule has 0 amide bonds. The van der Waals surface area contributed by atoms with Crippen molar-refractivity contribution < 1.29 is 8.42 Å². The monoisotopic (exact) mass is 270 g/mol. The minimum atomic E-state index is -3.22. The van der Waals surface area contributed by atoms with Gasteiger partial charge >= 0.3 is 0 Å². The average molecular weight is 270 g/mol. The molecule has 0 aliphatic rings. The molecule has 0 aliphatic heterocycles. The molecule has 0 saturated carbocycles. The summed E-state index contributed by atoms with van der Waals surface area (Å²) in [4.78, 5) is 0. The van der Waals surface area contributed by atoms with Crippen LogP contribution in [0.3, 0.4) is 0 Å². The summed E-state index contributed by atoms with van der Waals surface area (Å²) in [5, 5.41) is 0. The Labute approximate surface area is 110 Å². The first kappa shape index (κ1) is 15.1. The van der Waals surface area contributed by atoms with E-state index < -0.39 is 10.0 Å². The lowest BCUT2D eigenvalue weighted by Gasteiger charge is -2.16. The minimum absolute atomic E-state index is 0.120. The highest BCUT2D eigenvalue weighted by atomic mass is 32.2. The number of rotatable bonds is 6. The van der Waals surface area contributed by atoms with Crippen LogP contribution in [0.15, 0.2) is 24.3 Å². The summed E-state index contributed by atoms with van der Waals surface area (Å²) in [7, 11) is -3.22. The third kappa shape index (κ3) is 4.76. The zero-order valence-corrected chi connectivity index (χ0v) is 12.0. The summed E-state index contributed by atoms with van der Waals surface area (Å²) in [6, 6.07) is 7.43. The van der Waals surface area contributed by atoms with Crippen molar-refractivity contribution in [2.24, 2.45) is 11.7 Å². The van der Waals surface area contributed by atoms with E-state index in [4.69, 9.17) is 5.73 Å². The predicted molar refractivity (Wildman–Crippen MR) is 74.5 cm³/mol. The molecule has 3 N–H and O–H groups in total. The second-order valence-corrected chi connectivity index (χ2v) is 6.76. The van der Waals surface area contributed by atoms with Crippen molar-refractivity contribution in [1.82, 2.24) is 4.72 Å². The minimum Gasteiger partial charge on any atom is -0.326 e. The van der Waals surface area contributed by atoms with E-state index in [9.17, 15) is 8.42 Å². The number of hydrogen-bond acceptors (Lipinski definition) is 3. The van der Waals surface area contributed by atoms with E-state index in [1.165, 1.54) is 0 Å². The quantitative estimate of drug-likeness (QED) is 0.827. The molecule has 0 aromatic heterocycles. The number of nitrogens with two attached hydrogens (primary N) is 1. The van der Waals surface area contributed by atoms with Gasteiger partial charge in [-0.2, -0.15) is 0 Å². The highest BCUT2D eigenvalue weighted by Gasteiger charge is 2.17. The first-order chi connectivity index (χ1) is 8.34. The third-order valence-corrected chi connectivity index (χ3v) is 4.44. The van der Waals surface area contributed by atoms with E-state index in [1.807, 2.05) is 45.0 Å². The van der Waals surface area contributed by atoms with Crippen LogP contribution < -0.4 is 10.5 Å². The molecule has 0 saturated heterocycles. The Morgan fingerprint density at radius 3 is 2.17 bits per heavy atom. The number of nitrogens with one attached hydrogen (secondary N) is 1. The Morgan fingerprint density at radius 2 is 1.72 bits per heavy atom. The van der Waals surface area contributed by atoms with Crippen molar-refractivity contribution in [3.05, 3.63) is 35.4 Å². The largest absolute Gasteiger partial charge is 0.326 e. The van der Waals surface area contributed by atoms with Crippen LogP contribution in [-0.4, -0.2) is 14.2 Å². The maximum absolute atomic E-state index is 11.8. The highest BCUT2D eigenvalue weighted by molar-refractivity contribution is 7.89. The first-order valence-electron chi connectivity index (χ1n) is 6.13. The van der Waals surface area contributed by atoms with E-state index in [-0.39, 0.29) is 17.7 Å². The molecule has 1 rings (SSSR count). The van der Waals surface area contributed by atoms with Crippen molar-refractivity contribution >= 4 is 10.0 Å². The van der Waals surface area contributed by atoms with Crippen LogP contribution >= 0.6 is 0 Å². The molecule has 5 heteroatoms. The zero-order valence-electron chi connectivity index (χ0n) is 11.2. The first-order valence-corrected chi connectivity index (χ1v) is 7.78. The molecule has 18 heavy (non-hydrogen) atoms. The number of sulfonamides is 1. The summed E-state index contributed by atoms with van der Waals surface area (Å²) >= 11 is 0. The molecule has 1 atom stereocenters. The Balaban J connectivity index is 2.72. The lowest BCUT2D eigenvalue weighted by molar-refractivity contribution is 0.554. The van der Waals surface area contributed by atoms with Crippen molar-refractivity contribution in [3.8, 4) is 0 Å². The Kier molecular flexibility index (Phi) is 5.31. The Morgan fingerprint density at radius 1 is 1.17 bits per heavy atom. The van der Waals surface area contributed by atoms with Gasteiger partial charge in [0.05, 0.1) is 5.75 Å². The molecular weight excluding hydrogens is 248 g/mol. The van der Waals surface area contributed by atoms with Gasteiger partial charge in [-0.05, 0) is 24.0 Å². The fraction of sp³-hybridized carbons (Fsp3) is 0.538. The van der Waals surface area contributed by atoms with Crippen LogP contribution in [0, 0.1) is 5.92 Å². The van der Waals surface area contributed by atoms with Gasteiger partial charge in [0.2, 0.25) is 10.0 Å². The molecule has 0 radical (unpaired) electrons. The zero-order chi connectivity index (χ0) is 13.8. The van der Waals surface area contributed by atoms with Crippen molar-refractivity contribution in [1.29, 1.82) is 0 Å². The molecule has 0 heterocycles. The van der Waals surface area contributed by atoms with E-state index in [1.54, 1.807) is 0 Å². The van der Waals surface area contributed by atoms with Gasteiger partial charge in [0.1, 0.15) is 0 Å². The summed E-state index contributed by atoms with van der Waals surface area (Å²) in [5.41, 5.74) is 7.50. The van der Waals surface area contributed by atoms with Gasteiger partial charge in [-0.25, -0.2) is 13.1 Å². The van der Waals surface area contributed by atoms with Gasteiger partial charge in [0, 0.05) is 12.6 Å². The highest BCUT2D eigenvalue weighted by Crippen LogP contribution is 2.15. The number of hydrogen-bond donors (Lipinski definition) is 2. The summed E-state index contributed by atoms with van der Waals surface area (Å²) in [6.45, 7) is 6.11. The van der Waals surface area contributed by atoms with Gasteiger partial charge in [-0.15, -0.1) is 0 Å². The van der Waals surface area contributed by atoms with E-state index in [0.717, 1.165) is 11.1 Å². The molecule has 0 aliphatic carbocycles. The van der Waals surface area contributed by atoms with Crippen LogP contribution in [-0.2, 0) is 16.6 Å². The Bertz CT molecular complexity index is 466. The van der Waals surface area contributed by atoms with Gasteiger partial charge in [-0.3, -0.25) is 0 Å². The SMILES string of the molecule is CC(C)CS(=O)(=O)NC(C)c1ccc(CN)cc1. The third-order valence-electron chi connectivity index (χ3n) is 2.62. The maximum Gasteiger partial charge on any atom is 0.212 e. The molecule has 0 bridgehead atoms. The second-order valence-electron chi connectivity index (χ2n) is 4.96. The number of benzene rings is 1. The molecular formula is C13H22N2O2S. The van der Waals surface area contributed by atoms with E-state index in [0.29, 0.717) is 6.54 Å². The second kappa shape index (κ2) is 6.31. The van der Waals surface area contributed by atoms with Gasteiger partial charge in [0.15, 0.2) is 0 Å². The molecule has 4 nitrogen and oxygen atoms in total. The molecule has 1 unspecified atom stereocenters. The standard InChI is InChI=1S/C13H22N2O2S/c1-10(2)9-18(16,17)15-11(3)13-6-4-12(8-14)5-7-13/h4-7,10-11,15H,8-9,14H2,1-3H3. The van der Waals surface area contributed by atoms with Crippen LogP contribution in [0.1, 0.15) is 37.9 Å². The fourth-order valence-electron chi connectivity index (χ4n) is 1.77. The fourth-order valence-corrected chi connectivity index (χ4v) is 3.42.